The summed E-state index contributed by atoms with van der Waals surface area (Å²) in [6.07, 6.45) is 3.15. The molecule has 1 atom stereocenters. The minimum Gasteiger partial charge on any atom is -0.453 e. The van der Waals surface area contributed by atoms with E-state index >= 15 is 0 Å². The number of aliphatic hydroxyl groups is 1. The third kappa shape index (κ3) is 3.67. The van der Waals surface area contributed by atoms with Gasteiger partial charge in [0.25, 0.3) is 0 Å². The zero-order valence-corrected chi connectivity index (χ0v) is 19.2. The second-order valence-corrected chi connectivity index (χ2v) is 11.1. The van der Waals surface area contributed by atoms with Crippen molar-refractivity contribution in [3.8, 4) is 0 Å². The van der Waals surface area contributed by atoms with Crippen molar-refractivity contribution in [2.45, 2.75) is 31.0 Å². The standard InChI is InChI=1S/C23H26NO3S3/c25-22(23(26,18-6-12-28-15-18)19-7-13-29-16-19)27-21-14-24(8-3-17(21)4-9-24)10-5-20-2-1-11-30-20/h1-2,6-7,11-13,15-17,21,26H,3-5,8-10,14H2/q+1. The third-order valence-corrected chi connectivity index (χ3v) is 9.19. The number of piperidine rings is 3. The molecule has 3 saturated heterocycles. The monoisotopic (exact) mass is 460 g/mol. The molecule has 3 aromatic rings. The molecule has 0 aromatic carbocycles. The number of quaternary nitrogens is 1. The lowest BCUT2D eigenvalue weighted by atomic mass is 9.82. The van der Waals surface area contributed by atoms with Crippen LogP contribution in [0.3, 0.4) is 0 Å². The number of ether oxygens (including phenoxy) is 1. The van der Waals surface area contributed by atoms with Gasteiger partial charge in [0.05, 0.1) is 19.6 Å². The molecular formula is C23H26NO3S3+. The lowest BCUT2D eigenvalue weighted by Gasteiger charge is -2.52. The lowest BCUT2D eigenvalue weighted by molar-refractivity contribution is -0.946. The highest BCUT2D eigenvalue weighted by Crippen LogP contribution is 2.39. The second kappa shape index (κ2) is 8.20. The lowest BCUT2D eigenvalue weighted by Crippen LogP contribution is -2.65. The van der Waals surface area contributed by atoms with Gasteiger partial charge in [-0.1, -0.05) is 6.07 Å². The Morgan fingerprint density at radius 2 is 1.80 bits per heavy atom. The molecular weight excluding hydrogens is 434 g/mol. The van der Waals surface area contributed by atoms with Gasteiger partial charge in [-0.05, 0) is 45.1 Å². The molecule has 0 spiro atoms. The van der Waals surface area contributed by atoms with Crippen LogP contribution in [0.1, 0.15) is 28.8 Å². The Morgan fingerprint density at radius 1 is 1.10 bits per heavy atom. The summed E-state index contributed by atoms with van der Waals surface area (Å²) in [5.74, 6) is -0.126. The Balaban J connectivity index is 1.34. The van der Waals surface area contributed by atoms with Crippen molar-refractivity contribution in [1.82, 2.24) is 0 Å². The summed E-state index contributed by atoms with van der Waals surface area (Å²) in [6.45, 7) is 4.30. The van der Waals surface area contributed by atoms with Gasteiger partial charge < -0.3 is 14.3 Å². The summed E-state index contributed by atoms with van der Waals surface area (Å²) >= 11 is 4.77. The topological polar surface area (TPSA) is 46.5 Å². The van der Waals surface area contributed by atoms with Crippen LogP contribution in [-0.2, 0) is 21.6 Å². The maximum atomic E-state index is 13.4. The molecule has 7 heteroatoms. The van der Waals surface area contributed by atoms with E-state index in [1.165, 1.54) is 40.6 Å². The molecule has 6 heterocycles. The quantitative estimate of drug-likeness (QED) is 0.417. The first-order chi connectivity index (χ1) is 14.6. The molecule has 3 aliphatic rings. The van der Waals surface area contributed by atoms with E-state index in [9.17, 15) is 9.90 Å². The Kier molecular flexibility index (Phi) is 5.58. The number of hydrogen-bond acceptors (Lipinski definition) is 6. The number of nitrogens with zero attached hydrogens (tertiary/aromatic N) is 1. The predicted molar refractivity (Wildman–Crippen MR) is 122 cm³/mol. The first-order valence-corrected chi connectivity index (χ1v) is 13.2. The fourth-order valence-corrected chi connectivity index (χ4v) is 7.13. The number of fused-ring (bicyclic) bond motifs is 3. The van der Waals surface area contributed by atoms with Crippen molar-refractivity contribution in [2.75, 3.05) is 26.2 Å². The summed E-state index contributed by atoms with van der Waals surface area (Å²) in [5.41, 5.74) is -0.536. The number of carbonyl (C=O) groups is 1. The maximum Gasteiger partial charge on any atom is 0.348 e. The summed E-state index contributed by atoms with van der Waals surface area (Å²) in [7, 11) is 0. The normalized spacial score (nSPS) is 26.0. The van der Waals surface area contributed by atoms with E-state index in [2.05, 4.69) is 17.5 Å². The fourth-order valence-electron chi connectivity index (χ4n) is 5.04. The van der Waals surface area contributed by atoms with Crippen molar-refractivity contribution in [2.24, 2.45) is 5.92 Å². The van der Waals surface area contributed by atoms with Crippen LogP contribution >= 0.6 is 34.0 Å². The van der Waals surface area contributed by atoms with Gasteiger partial charge in [0.2, 0.25) is 5.60 Å². The molecule has 0 radical (unpaired) electrons. The minimum absolute atomic E-state index is 0.118. The van der Waals surface area contributed by atoms with Gasteiger partial charge in [0, 0.05) is 41.2 Å². The van der Waals surface area contributed by atoms with Gasteiger partial charge in [0.15, 0.2) is 6.10 Å². The van der Waals surface area contributed by atoms with Gasteiger partial charge in [-0.3, -0.25) is 0 Å². The average molecular weight is 461 g/mol. The molecule has 0 amide bonds. The van der Waals surface area contributed by atoms with E-state index in [4.69, 9.17) is 4.74 Å². The van der Waals surface area contributed by atoms with Crippen LogP contribution < -0.4 is 0 Å². The zero-order valence-electron chi connectivity index (χ0n) is 16.7. The number of carbonyl (C=O) groups excluding carboxylic acids is 1. The van der Waals surface area contributed by atoms with E-state index in [1.54, 1.807) is 0 Å². The van der Waals surface area contributed by atoms with Crippen molar-refractivity contribution >= 4 is 40.0 Å². The highest BCUT2D eigenvalue weighted by Gasteiger charge is 2.50. The van der Waals surface area contributed by atoms with Crippen molar-refractivity contribution in [1.29, 1.82) is 0 Å². The molecule has 30 heavy (non-hydrogen) atoms. The van der Waals surface area contributed by atoms with Crippen LogP contribution in [0.15, 0.2) is 51.2 Å². The second-order valence-electron chi connectivity index (χ2n) is 8.54. The number of hydrogen-bond donors (Lipinski definition) is 1. The van der Waals surface area contributed by atoms with E-state index in [1.807, 2.05) is 45.0 Å². The van der Waals surface area contributed by atoms with Crippen molar-refractivity contribution in [3.05, 3.63) is 67.2 Å². The molecule has 2 bridgehead atoms. The molecule has 6 rings (SSSR count). The Hall–Kier alpha value is -1.51. The first kappa shape index (κ1) is 20.4. The van der Waals surface area contributed by atoms with E-state index in [0.717, 1.165) is 36.8 Å². The highest BCUT2D eigenvalue weighted by molar-refractivity contribution is 7.10. The molecule has 158 valence electrons. The van der Waals surface area contributed by atoms with Gasteiger partial charge in [0.1, 0.15) is 6.54 Å². The van der Waals surface area contributed by atoms with E-state index in [-0.39, 0.29) is 6.10 Å². The number of thiophene rings is 3. The SMILES string of the molecule is O=C(OC1C[N+]2(CCc3cccs3)CCC1CC2)C(O)(c1ccsc1)c1ccsc1. The predicted octanol–water partition coefficient (Wildman–Crippen LogP) is 4.50. The number of esters is 1. The van der Waals surface area contributed by atoms with Gasteiger partial charge in [-0.25, -0.2) is 4.79 Å². The molecule has 3 aromatic heterocycles. The minimum atomic E-state index is -1.73. The smallest absolute Gasteiger partial charge is 0.348 e. The van der Waals surface area contributed by atoms with Crippen LogP contribution in [0.5, 0.6) is 0 Å². The first-order valence-electron chi connectivity index (χ1n) is 10.5. The maximum absolute atomic E-state index is 13.4. The molecule has 1 unspecified atom stereocenters. The van der Waals surface area contributed by atoms with Crippen LogP contribution in [0.25, 0.3) is 0 Å². The Morgan fingerprint density at radius 3 is 2.37 bits per heavy atom. The Labute approximate surface area is 189 Å². The molecule has 1 N–H and O–H groups in total. The number of rotatable bonds is 7. The summed E-state index contributed by atoms with van der Waals surface area (Å²) in [5, 5.41) is 21.1. The zero-order chi connectivity index (χ0) is 20.6. The molecule has 0 aliphatic carbocycles. The van der Waals surface area contributed by atoms with E-state index < -0.39 is 11.6 Å². The summed E-state index contributed by atoms with van der Waals surface area (Å²) in [6, 6.07) is 7.95. The molecule has 3 aliphatic heterocycles. The fraction of sp³-hybridized carbons (Fsp3) is 0.435. The van der Waals surface area contributed by atoms with E-state index in [0.29, 0.717) is 17.0 Å². The van der Waals surface area contributed by atoms with Crippen LogP contribution in [0.4, 0.5) is 0 Å². The third-order valence-electron chi connectivity index (χ3n) is 6.89. The van der Waals surface area contributed by atoms with Crippen LogP contribution in [0, 0.1) is 5.92 Å². The van der Waals surface area contributed by atoms with Gasteiger partial charge in [-0.15, -0.1) is 11.3 Å². The molecule has 0 saturated carbocycles. The summed E-state index contributed by atoms with van der Waals surface area (Å²) in [4.78, 5) is 14.8. The van der Waals surface area contributed by atoms with Crippen molar-refractivity contribution in [3.63, 3.8) is 0 Å². The van der Waals surface area contributed by atoms with Crippen LogP contribution in [-0.4, -0.2) is 47.8 Å². The Bertz CT molecular complexity index is 923. The average Bonchev–Trinajstić information content (AvgIpc) is 3.56. The molecule has 3 fully saturated rings. The van der Waals surface area contributed by atoms with Gasteiger partial charge >= 0.3 is 5.97 Å². The molecule has 4 nitrogen and oxygen atoms in total. The summed E-state index contributed by atoms with van der Waals surface area (Å²) < 4.78 is 7.14. The largest absolute Gasteiger partial charge is 0.453 e. The highest BCUT2D eigenvalue weighted by atomic mass is 32.1. The van der Waals surface area contributed by atoms with Gasteiger partial charge in [-0.2, -0.15) is 22.7 Å². The van der Waals surface area contributed by atoms with Crippen LogP contribution in [0.2, 0.25) is 0 Å². The van der Waals surface area contributed by atoms with Crippen molar-refractivity contribution < 1.29 is 19.1 Å².